The molecule has 2 aliphatic heterocycles. The topological polar surface area (TPSA) is 163 Å². The number of para-hydroxylation sites is 1. The summed E-state index contributed by atoms with van der Waals surface area (Å²) in [6.07, 6.45) is 6.76. The van der Waals surface area contributed by atoms with E-state index in [1.54, 1.807) is 46.8 Å². The summed E-state index contributed by atoms with van der Waals surface area (Å²) in [6.45, 7) is 8.47. The lowest BCUT2D eigenvalue weighted by molar-refractivity contribution is -0.140. The molecule has 0 spiro atoms. The van der Waals surface area contributed by atoms with Gasteiger partial charge in [0.2, 0.25) is 17.8 Å². The Morgan fingerprint density at radius 1 is 0.885 bits per heavy atom. The number of nitrogens with one attached hydrogen (secondary N) is 1. The number of fused-ring (bicyclic) bond motifs is 1. The first-order chi connectivity index (χ1) is 29.7. The lowest BCUT2D eigenvalue weighted by atomic mass is 9.89. The molecular weight excluding hydrogens is 787 g/mol. The van der Waals surface area contributed by atoms with Crippen LogP contribution in [0.4, 0.5) is 5.95 Å². The molecule has 61 heavy (non-hydrogen) atoms. The second kappa shape index (κ2) is 17.2. The van der Waals surface area contributed by atoms with Crippen molar-refractivity contribution >= 4 is 40.0 Å². The van der Waals surface area contributed by atoms with E-state index in [2.05, 4.69) is 54.8 Å². The summed E-state index contributed by atoms with van der Waals surface area (Å²) in [5.41, 5.74) is 9.56. The van der Waals surface area contributed by atoms with Crippen LogP contribution in [0.15, 0.2) is 101 Å². The number of benzene rings is 3. The molecule has 2 amide bonds. The molecule has 0 bridgehead atoms. The molecule has 7 aromatic rings. The van der Waals surface area contributed by atoms with Gasteiger partial charge in [-0.3, -0.25) is 9.59 Å². The van der Waals surface area contributed by atoms with Gasteiger partial charge in [-0.25, -0.2) is 15.0 Å². The maximum atomic E-state index is 14.2. The van der Waals surface area contributed by atoms with Gasteiger partial charge in [-0.1, -0.05) is 61.5 Å². The first kappa shape index (κ1) is 39.9. The van der Waals surface area contributed by atoms with Gasteiger partial charge in [0.25, 0.3) is 0 Å². The Bertz CT molecular complexity index is 2670. The molecule has 13 nitrogen and oxygen atoms in total. The molecule has 3 aromatic carbocycles. The highest BCUT2D eigenvalue weighted by Crippen LogP contribution is 2.35. The number of likely N-dealkylation sites (tertiary alicyclic amines) is 1. The molecule has 2 atom stereocenters. The van der Waals surface area contributed by atoms with E-state index >= 15 is 0 Å². The Morgan fingerprint density at radius 2 is 1.67 bits per heavy atom. The Labute approximate surface area is 357 Å². The summed E-state index contributed by atoms with van der Waals surface area (Å²) in [5, 5.41) is 27.5. The van der Waals surface area contributed by atoms with Crippen LogP contribution in [0, 0.1) is 12.8 Å². The van der Waals surface area contributed by atoms with E-state index in [1.165, 1.54) is 5.56 Å². The molecule has 2 N–H and O–H groups in total. The molecule has 2 fully saturated rings. The Balaban J connectivity index is 0.811. The van der Waals surface area contributed by atoms with Crippen molar-refractivity contribution < 1.29 is 19.2 Å². The van der Waals surface area contributed by atoms with Crippen LogP contribution in [-0.2, 0) is 16.1 Å². The lowest BCUT2D eigenvalue weighted by Crippen LogP contribution is -2.47. The van der Waals surface area contributed by atoms with E-state index in [0.29, 0.717) is 59.7 Å². The zero-order valence-corrected chi connectivity index (χ0v) is 35.2. The average Bonchev–Trinajstić information content (AvgIpc) is 4.08. The van der Waals surface area contributed by atoms with Crippen molar-refractivity contribution in [2.24, 2.45) is 5.92 Å². The van der Waals surface area contributed by atoms with Crippen LogP contribution in [0.1, 0.15) is 73.9 Å². The molecule has 4 aromatic heterocycles. The van der Waals surface area contributed by atoms with E-state index in [0.717, 1.165) is 65.0 Å². The van der Waals surface area contributed by atoms with Crippen LogP contribution < -0.4 is 10.2 Å². The number of carbonyl (C=O) groups is 2. The molecule has 0 unspecified atom stereocenters. The highest BCUT2D eigenvalue weighted by Gasteiger charge is 2.40. The van der Waals surface area contributed by atoms with E-state index in [1.807, 2.05) is 62.7 Å². The third-order valence-corrected chi connectivity index (χ3v) is 13.0. The molecule has 0 radical (unpaired) electrons. The number of hydrogen-bond donors (Lipinski definition) is 2. The minimum atomic E-state index is -0.603. The maximum absolute atomic E-state index is 14.2. The van der Waals surface area contributed by atoms with Crippen LogP contribution in [0.3, 0.4) is 0 Å². The minimum Gasteiger partial charge on any atom is -0.507 e. The van der Waals surface area contributed by atoms with Crippen molar-refractivity contribution in [1.82, 2.24) is 40.5 Å². The van der Waals surface area contributed by atoms with E-state index in [-0.39, 0.29) is 23.5 Å². The van der Waals surface area contributed by atoms with Crippen LogP contribution in [0.25, 0.3) is 43.9 Å². The molecule has 2 aliphatic rings. The van der Waals surface area contributed by atoms with Gasteiger partial charge in [-0.2, -0.15) is 0 Å². The maximum Gasteiger partial charge on any atom is 0.243 e. The van der Waals surface area contributed by atoms with Crippen molar-refractivity contribution in [2.45, 2.75) is 70.9 Å². The van der Waals surface area contributed by atoms with Gasteiger partial charge in [0, 0.05) is 61.2 Å². The fourth-order valence-electron chi connectivity index (χ4n) is 8.62. The quantitative estimate of drug-likeness (QED) is 0.129. The summed E-state index contributed by atoms with van der Waals surface area (Å²) < 4.78 is 5.84. The van der Waals surface area contributed by atoms with Crippen LogP contribution in [0.2, 0.25) is 0 Å². The monoisotopic (exact) mass is 833 g/mol. The molecule has 14 heteroatoms. The molecule has 2 saturated heterocycles. The van der Waals surface area contributed by atoms with Gasteiger partial charge < -0.3 is 24.7 Å². The summed E-state index contributed by atoms with van der Waals surface area (Å²) >= 11 is 1.61. The van der Waals surface area contributed by atoms with Gasteiger partial charge in [0.05, 0.1) is 27.3 Å². The zero-order chi connectivity index (χ0) is 42.0. The summed E-state index contributed by atoms with van der Waals surface area (Å²) in [6, 6.07) is 24.9. The third kappa shape index (κ3) is 8.32. The second-order valence-electron chi connectivity index (χ2n) is 16.3. The van der Waals surface area contributed by atoms with Gasteiger partial charge in [-0.05, 0) is 91.5 Å². The predicted octanol–water partition coefficient (Wildman–Crippen LogP) is 8.31. The number of amides is 2. The smallest absolute Gasteiger partial charge is 0.243 e. The van der Waals surface area contributed by atoms with Crippen LogP contribution in [0.5, 0.6) is 5.75 Å². The van der Waals surface area contributed by atoms with Gasteiger partial charge >= 0.3 is 0 Å². The number of thiazole rings is 1. The fraction of sp³-hybridized carbons (Fsp3) is 0.319. The first-order valence-corrected chi connectivity index (χ1v) is 21.8. The van der Waals surface area contributed by atoms with Crippen molar-refractivity contribution in [1.29, 1.82) is 0 Å². The Morgan fingerprint density at radius 3 is 2.41 bits per heavy atom. The molecule has 9 rings (SSSR count). The van der Waals surface area contributed by atoms with Gasteiger partial charge in [0.1, 0.15) is 29.2 Å². The molecular formula is C47H47N9O4S. The normalized spacial score (nSPS) is 16.4. The standard InChI is InChI=1S/C47H47N9O4S/c1-28(2)43(46(59)56-18-6-8-40(56)45(58)48-24-30-10-12-32(13-11-30)44-29(3)51-27-61-44)42-23-38(54-60-42)35-25-49-47(50-26-35)55-19-16-31(17-20-55)33-14-15-37-34(21-33)22-39(53-52-37)36-7-4-5-9-41(36)57/h4-5,7,9-15,21-23,25-28,31,40,43,57H,6,8,16-20,24H2,1-3H3,(H,48,58)/t40-,43-/m0/s1. The van der Waals surface area contributed by atoms with E-state index in [4.69, 9.17) is 14.5 Å². The summed E-state index contributed by atoms with van der Waals surface area (Å²) in [7, 11) is 0. The predicted molar refractivity (Wildman–Crippen MR) is 235 cm³/mol. The number of piperidine rings is 1. The van der Waals surface area contributed by atoms with Gasteiger partial charge in [-0.15, -0.1) is 21.5 Å². The Kier molecular flexibility index (Phi) is 11.3. The second-order valence-corrected chi connectivity index (χ2v) is 17.2. The fourth-order valence-corrected chi connectivity index (χ4v) is 9.43. The van der Waals surface area contributed by atoms with Crippen molar-refractivity contribution in [2.75, 3.05) is 24.5 Å². The van der Waals surface area contributed by atoms with E-state index in [9.17, 15) is 14.7 Å². The van der Waals surface area contributed by atoms with E-state index < -0.39 is 12.0 Å². The number of carbonyl (C=O) groups excluding carboxylic acids is 2. The SMILES string of the molecule is Cc1ncsc1-c1ccc(CNC(=O)[C@@H]2CCCN2C(=O)[C@H](c2cc(-c3cnc(N4CCC(c5ccc6nnc(-c7ccccc7O)cc6c5)CC4)nc3)no2)C(C)C)cc1. The summed E-state index contributed by atoms with van der Waals surface area (Å²) in [5.74, 6) is 0.684. The lowest BCUT2D eigenvalue weighted by Gasteiger charge is -2.32. The highest BCUT2D eigenvalue weighted by molar-refractivity contribution is 7.13. The van der Waals surface area contributed by atoms with Gasteiger partial charge in [0.15, 0.2) is 0 Å². The number of rotatable bonds is 11. The zero-order valence-electron chi connectivity index (χ0n) is 34.4. The minimum absolute atomic E-state index is 0.0932. The van der Waals surface area contributed by atoms with Crippen LogP contribution >= 0.6 is 11.3 Å². The van der Waals surface area contributed by atoms with Crippen LogP contribution in [-0.4, -0.2) is 77.8 Å². The summed E-state index contributed by atoms with van der Waals surface area (Å²) in [4.78, 5) is 46.5. The Hall–Kier alpha value is -6.54. The largest absolute Gasteiger partial charge is 0.507 e. The highest BCUT2D eigenvalue weighted by atomic mass is 32.1. The number of hydrogen-bond acceptors (Lipinski definition) is 12. The molecule has 0 aliphatic carbocycles. The number of aromatic hydroxyl groups is 1. The number of aromatic nitrogens is 6. The van der Waals surface area contributed by atoms with Crippen molar-refractivity contribution in [3.05, 3.63) is 119 Å². The number of anilines is 1. The molecule has 310 valence electrons. The molecule has 0 saturated carbocycles. The number of nitrogens with zero attached hydrogens (tertiary/aromatic N) is 8. The number of aryl methyl sites for hydroxylation is 1. The first-order valence-electron chi connectivity index (χ1n) is 20.9. The average molecular weight is 834 g/mol. The molecule has 6 heterocycles. The third-order valence-electron chi connectivity index (χ3n) is 12.0. The number of phenolic OH excluding ortho intramolecular Hbond substituents is 1. The number of phenols is 1. The van der Waals surface area contributed by atoms with Crippen molar-refractivity contribution in [3.8, 4) is 38.7 Å². The van der Waals surface area contributed by atoms with Crippen molar-refractivity contribution in [3.63, 3.8) is 0 Å².